The second kappa shape index (κ2) is 8.45. The Morgan fingerprint density at radius 2 is 1.73 bits per heavy atom. The molecular formula is C24H17NO5. The molecular weight excluding hydrogens is 382 g/mol. The Hall–Kier alpha value is -4.19. The third kappa shape index (κ3) is 4.28. The quantitative estimate of drug-likeness (QED) is 0.169. The van der Waals surface area contributed by atoms with Gasteiger partial charge in [-0.1, -0.05) is 48.5 Å². The molecule has 148 valence electrons. The van der Waals surface area contributed by atoms with Crippen LogP contribution in [-0.4, -0.2) is 10.7 Å². The van der Waals surface area contributed by atoms with E-state index in [2.05, 4.69) is 0 Å². The van der Waals surface area contributed by atoms with Crippen LogP contribution in [0.4, 0.5) is 5.69 Å². The molecule has 3 aromatic carbocycles. The van der Waals surface area contributed by atoms with E-state index in [-0.39, 0.29) is 23.8 Å². The van der Waals surface area contributed by atoms with Crippen molar-refractivity contribution < 1.29 is 18.9 Å². The molecule has 1 aromatic heterocycles. The van der Waals surface area contributed by atoms with Crippen molar-refractivity contribution in [2.24, 2.45) is 0 Å². The van der Waals surface area contributed by atoms with E-state index in [1.54, 1.807) is 36.4 Å². The minimum Gasteiger partial charge on any atom is -0.479 e. The van der Waals surface area contributed by atoms with E-state index in [1.807, 2.05) is 36.4 Å². The van der Waals surface area contributed by atoms with E-state index in [0.717, 1.165) is 10.8 Å². The van der Waals surface area contributed by atoms with Gasteiger partial charge < -0.3 is 9.15 Å². The molecule has 0 saturated carbocycles. The first-order chi connectivity index (χ1) is 14.6. The molecule has 0 saturated heterocycles. The molecule has 0 fully saturated rings. The standard InChI is InChI=1S/C24H17NO5/c26-23(19-10-9-17-5-1-2-6-18(17)15-19)14-13-20-11-12-21(30-20)16-29-24-8-4-3-7-22(24)25(27)28/h1-15H,16H2/b14-13+. The SMILES string of the molecule is O=C(/C=C/c1ccc(COc2ccccc2[N+](=O)[O-])o1)c1ccc2ccccc2c1. The second-order valence-electron chi connectivity index (χ2n) is 6.58. The van der Waals surface area contributed by atoms with Gasteiger partial charge in [0.25, 0.3) is 0 Å². The van der Waals surface area contributed by atoms with Crippen LogP contribution in [0.25, 0.3) is 16.8 Å². The predicted molar refractivity (Wildman–Crippen MR) is 113 cm³/mol. The predicted octanol–water partition coefficient (Wildman–Crippen LogP) is 5.82. The summed E-state index contributed by atoms with van der Waals surface area (Å²) in [6, 6.07) is 23.0. The normalized spacial score (nSPS) is 11.1. The number of hydrogen-bond donors (Lipinski definition) is 0. The zero-order valence-electron chi connectivity index (χ0n) is 15.9. The molecule has 0 bridgehead atoms. The summed E-state index contributed by atoms with van der Waals surface area (Å²) in [5, 5.41) is 13.1. The van der Waals surface area contributed by atoms with Gasteiger partial charge >= 0.3 is 5.69 Å². The number of ether oxygens (including phenoxy) is 1. The Kier molecular flexibility index (Phi) is 5.39. The third-order valence-corrected chi connectivity index (χ3v) is 4.55. The van der Waals surface area contributed by atoms with Gasteiger partial charge in [0.05, 0.1) is 4.92 Å². The van der Waals surface area contributed by atoms with Gasteiger partial charge in [0.1, 0.15) is 18.1 Å². The molecule has 4 rings (SSSR count). The average molecular weight is 399 g/mol. The first kappa shape index (κ1) is 19.1. The minimum atomic E-state index is -0.496. The molecule has 0 amide bonds. The number of para-hydroxylation sites is 2. The molecule has 0 unspecified atom stereocenters. The second-order valence-corrected chi connectivity index (χ2v) is 6.58. The van der Waals surface area contributed by atoms with Crippen molar-refractivity contribution in [3.8, 4) is 5.75 Å². The van der Waals surface area contributed by atoms with E-state index in [4.69, 9.17) is 9.15 Å². The fourth-order valence-corrected chi connectivity index (χ4v) is 3.04. The number of rotatable bonds is 7. The maximum absolute atomic E-state index is 12.5. The number of nitro groups is 1. The van der Waals surface area contributed by atoms with Crippen molar-refractivity contribution in [2.45, 2.75) is 6.61 Å². The smallest absolute Gasteiger partial charge is 0.310 e. The van der Waals surface area contributed by atoms with Crippen molar-refractivity contribution in [3.63, 3.8) is 0 Å². The summed E-state index contributed by atoms with van der Waals surface area (Å²) in [6.07, 6.45) is 3.04. The van der Waals surface area contributed by atoms with Crippen LogP contribution in [-0.2, 0) is 6.61 Å². The highest BCUT2D eigenvalue weighted by Crippen LogP contribution is 2.27. The van der Waals surface area contributed by atoms with Gasteiger partial charge in [-0.3, -0.25) is 14.9 Å². The Bertz CT molecular complexity index is 1260. The molecule has 0 aliphatic carbocycles. The number of nitrogens with zero attached hydrogens (tertiary/aromatic N) is 1. The largest absolute Gasteiger partial charge is 0.479 e. The molecule has 30 heavy (non-hydrogen) atoms. The third-order valence-electron chi connectivity index (χ3n) is 4.55. The summed E-state index contributed by atoms with van der Waals surface area (Å²) in [4.78, 5) is 23.0. The highest BCUT2D eigenvalue weighted by atomic mass is 16.6. The van der Waals surface area contributed by atoms with Crippen LogP contribution in [0.2, 0.25) is 0 Å². The monoisotopic (exact) mass is 399 g/mol. The first-order valence-electron chi connectivity index (χ1n) is 9.26. The van der Waals surface area contributed by atoms with Gasteiger partial charge in [0.15, 0.2) is 11.5 Å². The van der Waals surface area contributed by atoms with Crippen LogP contribution in [0.3, 0.4) is 0 Å². The average Bonchev–Trinajstić information content (AvgIpc) is 3.23. The number of hydrogen-bond acceptors (Lipinski definition) is 5. The Labute approximate surface area is 172 Å². The highest BCUT2D eigenvalue weighted by Gasteiger charge is 2.14. The Balaban J connectivity index is 1.42. The summed E-state index contributed by atoms with van der Waals surface area (Å²) in [5.74, 6) is 1.02. The lowest BCUT2D eigenvalue weighted by Crippen LogP contribution is -1.97. The molecule has 1 heterocycles. The molecule has 0 atom stereocenters. The van der Waals surface area contributed by atoms with Crippen molar-refractivity contribution >= 4 is 28.3 Å². The fourth-order valence-electron chi connectivity index (χ4n) is 3.04. The molecule has 0 N–H and O–H groups in total. The zero-order valence-corrected chi connectivity index (χ0v) is 15.9. The molecule has 0 aliphatic rings. The minimum absolute atomic E-state index is 0.0390. The number of nitro benzene ring substituents is 1. The van der Waals surface area contributed by atoms with Crippen molar-refractivity contribution in [1.29, 1.82) is 0 Å². The summed E-state index contributed by atoms with van der Waals surface area (Å²) in [5.41, 5.74) is 0.488. The van der Waals surface area contributed by atoms with Crippen LogP contribution in [0, 0.1) is 10.1 Å². The van der Waals surface area contributed by atoms with Crippen molar-refractivity contribution in [1.82, 2.24) is 0 Å². The summed E-state index contributed by atoms with van der Waals surface area (Å²) < 4.78 is 11.1. The van der Waals surface area contributed by atoms with E-state index in [1.165, 1.54) is 18.2 Å². The van der Waals surface area contributed by atoms with Crippen molar-refractivity contribution in [3.05, 3.63) is 112 Å². The Morgan fingerprint density at radius 1 is 0.967 bits per heavy atom. The fraction of sp³-hybridized carbons (Fsp3) is 0.0417. The topological polar surface area (TPSA) is 82.6 Å². The summed E-state index contributed by atoms with van der Waals surface area (Å²) >= 11 is 0. The highest BCUT2D eigenvalue weighted by molar-refractivity contribution is 6.08. The Morgan fingerprint density at radius 3 is 2.57 bits per heavy atom. The number of allylic oxidation sites excluding steroid dienone is 1. The number of benzene rings is 3. The zero-order chi connectivity index (χ0) is 20.9. The van der Waals surface area contributed by atoms with E-state index in [0.29, 0.717) is 17.1 Å². The lowest BCUT2D eigenvalue weighted by atomic mass is 10.0. The first-order valence-corrected chi connectivity index (χ1v) is 9.26. The van der Waals surface area contributed by atoms with E-state index >= 15 is 0 Å². The van der Waals surface area contributed by atoms with Crippen LogP contribution in [0.5, 0.6) is 5.75 Å². The maximum Gasteiger partial charge on any atom is 0.310 e. The van der Waals surface area contributed by atoms with Gasteiger partial charge in [-0.25, -0.2) is 0 Å². The maximum atomic E-state index is 12.5. The lowest BCUT2D eigenvalue weighted by Gasteiger charge is -2.04. The van der Waals surface area contributed by atoms with Crippen LogP contribution in [0.1, 0.15) is 21.9 Å². The van der Waals surface area contributed by atoms with E-state index < -0.39 is 4.92 Å². The van der Waals surface area contributed by atoms with Gasteiger partial charge in [-0.15, -0.1) is 0 Å². The molecule has 6 heteroatoms. The van der Waals surface area contributed by atoms with Crippen molar-refractivity contribution in [2.75, 3.05) is 0 Å². The van der Waals surface area contributed by atoms with E-state index in [9.17, 15) is 14.9 Å². The number of carbonyl (C=O) groups excluding carboxylic acids is 1. The number of furan rings is 1. The number of carbonyl (C=O) groups is 1. The number of ketones is 1. The van der Waals surface area contributed by atoms with Gasteiger partial charge in [-0.05, 0) is 47.2 Å². The molecule has 0 aliphatic heterocycles. The molecule has 0 spiro atoms. The number of fused-ring (bicyclic) bond motifs is 1. The van der Waals surface area contributed by atoms with Crippen LogP contribution >= 0.6 is 0 Å². The summed E-state index contributed by atoms with van der Waals surface area (Å²) in [6.45, 7) is 0.0390. The molecule has 0 radical (unpaired) electrons. The van der Waals surface area contributed by atoms with Crippen LogP contribution < -0.4 is 4.74 Å². The van der Waals surface area contributed by atoms with Gasteiger partial charge in [0, 0.05) is 11.6 Å². The molecule has 4 aromatic rings. The van der Waals surface area contributed by atoms with Gasteiger partial charge in [0.2, 0.25) is 0 Å². The lowest BCUT2D eigenvalue weighted by molar-refractivity contribution is -0.386. The van der Waals surface area contributed by atoms with Gasteiger partial charge in [-0.2, -0.15) is 0 Å². The van der Waals surface area contributed by atoms with Crippen LogP contribution in [0.15, 0.2) is 89.4 Å². The summed E-state index contributed by atoms with van der Waals surface area (Å²) in [7, 11) is 0. The molecule has 6 nitrogen and oxygen atoms in total.